The minimum atomic E-state index is 0.441. The summed E-state index contributed by atoms with van der Waals surface area (Å²) < 4.78 is 0. The van der Waals surface area contributed by atoms with Crippen LogP contribution in [0.3, 0.4) is 0 Å². The minimum Gasteiger partial charge on any atom is -0.396 e. The van der Waals surface area contributed by atoms with Crippen molar-refractivity contribution in [3.05, 3.63) is 30.4 Å². The summed E-state index contributed by atoms with van der Waals surface area (Å²) in [5.41, 5.74) is 8.19. The maximum atomic E-state index is 6.14. The van der Waals surface area contributed by atoms with Crippen LogP contribution in [0.5, 0.6) is 0 Å². The Labute approximate surface area is 153 Å². The van der Waals surface area contributed by atoms with E-state index >= 15 is 0 Å². The lowest BCUT2D eigenvalue weighted by Gasteiger charge is -2.37. The first-order valence-electron chi connectivity index (χ1n) is 8.92. The Hall–Kier alpha value is -2.85. The summed E-state index contributed by atoms with van der Waals surface area (Å²) in [7, 11) is 2.24. The van der Waals surface area contributed by atoms with E-state index in [1.54, 1.807) is 18.6 Å². The van der Waals surface area contributed by atoms with Crippen molar-refractivity contribution < 1.29 is 0 Å². The summed E-state index contributed by atoms with van der Waals surface area (Å²) in [5, 5.41) is 6.76. The third-order valence-electron chi connectivity index (χ3n) is 5.45. The number of nitrogens with one attached hydrogen (secondary N) is 2. The van der Waals surface area contributed by atoms with Gasteiger partial charge in [0.2, 0.25) is 0 Å². The van der Waals surface area contributed by atoms with E-state index in [0.717, 1.165) is 18.5 Å². The highest BCUT2D eigenvalue weighted by Gasteiger charge is 2.38. The molecule has 0 radical (unpaired) electrons. The monoisotopic (exact) mass is 349 g/mol. The summed E-state index contributed by atoms with van der Waals surface area (Å²) in [6.07, 6.45) is 15.0. The first-order chi connectivity index (χ1) is 12.6. The summed E-state index contributed by atoms with van der Waals surface area (Å²) in [6, 6.07) is 3.72. The van der Waals surface area contributed by atoms with E-state index in [4.69, 9.17) is 12.2 Å². The van der Waals surface area contributed by atoms with Crippen LogP contribution < -0.4 is 16.4 Å². The number of anilines is 4. The van der Waals surface area contributed by atoms with Crippen LogP contribution in [0, 0.1) is 12.3 Å². The number of hydrogen-bond donors (Lipinski definition) is 3. The third-order valence-corrected chi connectivity index (χ3v) is 5.45. The van der Waals surface area contributed by atoms with Gasteiger partial charge in [-0.15, -0.1) is 6.42 Å². The highest BCUT2D eigenvalue weighted by Crippen LogP contribution is 2.36. The van der Waals surface area contributed by atoms with E-state index in [1.807, 2.05) is 6.07 Å². The lowest BCUT2D eigenvalue weighted by molar-refractivity contribution is 0.169. The van der Waals surface area contributed by atoms with Gasteiger partial charge >= 0.3 is 0 Å². The lowest BCUT2D eigenvalue weighted by atomic mass is 9.97. The molecule has 2 aromatic rings. The molecule has 134 valence electrons. The maximum absolute atomic E-state index is 6.14. The van der Waals surface area contributed by atoms with Gasteiger partial charge in [0, 0.05) is 24.2 Å². The zero-order valence-corrected chi connectivity index (χ0v) is 14.8. The van der Waals surface area contributed by atoms with Crippen molar-refractivity contribution in [2.24, 2.45) is 0 Å². The van der Waals surface area contributed by atoms with Gasteiger partial charge in [-0.3, -0.25) is 0 Å². The molecule has 0 spiro atoms. The highest BCUT2D eigenvalue weighted by molar-refractivity contribution is 5.70. The molecule has 7 heteroatoms. The number of rotatable bonds is 4. The van der Waals surface area contributed by atoms with E-state index in [1.165, 1.54) is 12.8 Å². The number of nitrogens with two attached hydrogens (primary N) is 1. The topological polar surface area (TPSA) is 92.0 Å². The Kier molecular flexibility index (Phi) is 4.35. The van der Waals surface area contributed by atoms with Gasteiger partial charge in [-0.2, -0.15) is 0 Å². The molecule has 0 saturated carbocycles. The molecule has 0 aliphatic carbocycles. The van der Waals surface area contributed by atoms with Gasteiger partial charge in [0.1, 0.15) is 17.3 Å². The predicted octanol–water partition coefficient (Wildman–Crippen LogP) is 2.22. The molecule has 2 aromatic heterocycles. The van der Waals surface area contributed by atoms with Gasteiger partial charge in [-0.05, 0) is 38.7 Å². The molecule has 0 aromatic carbocycles. The highest BCUT2D eigenvalue weighted by atomic mass is 15.2. The Balaban J connectivity index is 1.47. The average molecular weight is 349 g/mol. The fraction of sp³-hybridized carbons (Fsp3) is 0.421. The molecule has 4 rings (SSSR count). The van der Waals surface area contributed by atoms with Crippen molar-refractivity contribution in [1.82, 2.24) is 19.9 Å². The summed E-state index contributed by atoms with van der Waals surface area (Å²) in [4.78, 5) is 15.2. The zero-order valence-electron chi connectivity index (χ0n) is 14.8. The third kappa shape index (κ3) is 3.28. The van der Waals surface area contributed by atoms with Crippen molar-refractivity contribution in [3.63, 3.8) is 0 Å². The molecule has 2 aliphatic heterocycles. The maximum Gasteiger partial charge on any atom is 0.150 e. The molecule has 4 N–H and O–H groups in total. The molecule has 2 bridgehead atoms. The van der Waals surface area contributed by atoms with E-state index in [-0.39, 0.29) is 0 Å². The Morgan fingerprint density at radius 3 is 2.50 bits per heavy atom. The number of fused-ring (bicyclic) bond motifs is 2. The van der Waals surface area contributed by atoms with Crippen molar-refractivity contribution >= 4 is 23.0 Å². The second kappa shape index (κ2) is 6.81. The number of aromatic nitrogens is 3. The Morgan fingerprint density at radius 1 is 1.12 bits per heavy atom. The molecule has 2 fully saturated rings. The van der Waals surface area contributed by atoms with Crippen LogP contribution in [-0.2, 0) is 0 Å². The first-order valence-corrected chi connectivity index (χ1v) is 8.92. The van der Waals surface area contributed by atoms with Gasteiger partial charge in [-0.1, -0.05) is 0 Å². The number of pyridine rings is 1. The predicted molar refractivity (Wildman–Crippen MR) is 103 cm³/mol. The van der Waals surface area contributed by atoms with Crippen LogP contribution in [-0.4, -0.2) is 45.0 Å². The van der Waals surface area contributed by atoms with Crippen LogP contribution in [0.15, 0.2) is 24.7 Å². The number of terminal acetylenes is 1. The van der Waals surface area contributed by atoms with E-state index in [2.05, 4.69) is 43.5 Å². The number of piperidine rings is 1. The number of nitrogens with zero attached hydrogens (tertiary/aromatic N) is 4. The molecule has 7 nitrogen and oxygen atoms in total. The summed E-state index contributed by atoms with van der Waals surface area (Å²) >= 11 is 0. The molecular formula is C19H23N7. The van der Waals surface area contributed by atoms with Gasteiger partial charge in [0.15, 0.2) is 0 Å². The van der Waals surface area contributed by atoms with Crippen LogP contribution in [0.2, 0.25) is 0 Å². The van der Waals surface area contributed by atoms with Crippen molar-refractivity contribution in [2.75, 3.05) is 23.4 Å². The summed E-state index contributed by atoms with van der Waals surface area (Å²) in [5.74, 6) is 3.70. The smallest absolute Gasteiger partial charge is 0.150 e. The first kappa shape index (κ1) is 16.6. The SMILES string of the molecule is C#Cc1cnc(Nc2cc(NC3CC4CCC(C3)N4C)c(N)cn2)cn1. The van der Waals surface area contributed by atoms with Crippen LogP contribution >= 0.6 is 0 Å². The normalized spacial score (nSPS) is 24.8. The standard InChI is InChI=1S/C19H23N7/c1-3-12-9-22-19(11-21-12)25-18-8-17(16(20)10-23-18)24-13-6-14-4-5-15(7-13)26(14)2/h1,8-11,13-15H,4-7,20H2,2H3,(H2,22,23,24,25). The van der Waals surface area contributed by atoms with Crippen LogP contribution in [0.25, 0.3) is 0 Å². The van der Waals surface area contributed by atoms with Gasteiger partial charge in [0.05, 0.1) is 30.0 Å². The van der Waals surface area contributed by atoms with Gasteiger partial charge in [0.25, 0.3) is 0 Å². The largest absolute Gasteiger partial charge is 0.396 e. The van der Waals surface area contributed by atoms with E-state index < -0.39 is 0 Å². The zero-order chi connectivity index (χ0) is 18.1. The second-order valence-electron chi connectivity index (χ2n) is 7.08. The van der Waals surface area contributed by atoms with Crippen LogP contribution in [0.4, 0.5) is 23.0 Å². The van der Waals surface area contributed by atoms with E-state index in [0.29, 0.717) is 41.1 Å². The molecule has 26 heavy (non-hydrogen) atoms. The van der Waals surface area contributed by atoms with Gasteiger partial charge in [-0.25, -0.2) is 15.0 Å². The number of nitrogen functional groups attached to an aromatic ring is 1. The quantitative estimate of drug-likeness (QED) is 0.729. The van der Waals surface area contributed by atoms with Gasteiger partial charge < -0.3 is 21.3 Å². The average Bonchev–Trinajstić information content (AvgIpc) is 2.86. The van der Waals surface area contributed by atoms with Crippen LogP contribution in [0.1, 0.15) is 31.4 Å². The molecule has 0 amide bonds. The minimum absolute atomic E-state index is 0.441. The van der Waals surface area contributed by atoms with Crippen molar-refractivity contribution in [2.45, 2.75) is 43.8 Å². The summed E-state index contributed by atoms with van der Waals surface area (Å²) in [6.45, 7) is 0. The molecule has 2 atom stereocenters. The molecule has 2 aliphatic rings. The lowest BCUT2D eigenvalue weighted by Crippen LogP contribution is -2.44. The van der Waals surface area contributed by atoms with E-state index in [9.17, 15) is 0 Å². The number of hydrogen-bond acceptors (Lipinski definition) is 7. The Morgan fingerprint density at radius 2 is 1.85 bits per heavy atom. The fourth-order valence-corrected chi connectivity index (χ4v) is 4.01. The second-order valence-corrected chi connectivity index (χ2v) is 7.08. The molecule has 2 saturated heterocycles. The fourth-order valence-electron chi connectivity index (χ4n) is 4.01. The molecular weight excluding hydrogens is 326 g/mol. The molecule has 2 unspecified atom stereocenters. The Bertz CT molecular complexity index is 813. The van der Waals surface area contributed by atoms with Crippen molar-refractivity contribution in [1.29, 1.82) is 0 Å². The van der Waals surface area contributed by atoms with Crippen molar-refractivity contribution in [3.8, 4) is 12.3 Å². The molecule has 4 heterocycles.